The maximum absolute atomic E-state index is 11.8. The summed E-state index contributed by atoms with van der Waals surface area (Å²) in [6.07, 6.45) is 0.998. The molecule has 0 aromatic carbocycles. The minimum Gasteiger partial charge on any atom is -0.349 e. The first-order valence-electron chi connectivity index (χ1n) is 6.04. The van der Waals surface area contributed by atoms with Gasteiger partial charge in [0.2, 0.25) is 11.8 Å². The molecule has 6 heteroatoms. The van der Waals surface area contributed by atoms with Crippen molar-refractivity contribution in [2.45, 2.75) is 25.4 Å². The summed E-state index contributed by atoms with van der Waals surface area (Å²) < 4.78 is 0. The number of carbonyl (C=O) groups excluding carboxylic acids is 2. The van der Waals surface area contributed by atoms with Gasteiger partial charge in [-0.2, -0.15) is 0 Å². The van der Waals surface area contributed by atoms with Crippen LogP contribution in [0.4, 0.5) is 0 Å². The molecule has 0 saturated carbocycles. The van der Waals surface area contributed by atoms with E-state index in [1.54, 1.807) is 0 Å². The van der Waals surface area contributed by atoms with Crippen molar-refractivity contribution < 1.29 is 9.59 Å². The molecule has 1 aromatic rings. The van der Waals surface area contributed by atoms with Gasteiger partial charge in [0.05, 0.1) is 18.0 Å². The van der Waals surface area contributed by atoms with Crippen molar-refractivity contribution >= 4 is 23.2 Å². The van der Waals surface area contributed by atoms with E-state index in [-0.39, 0.29) is 17.9 Å². The van der Waals surface area contributed by atoms with E-state index in [4.69, 9.17) is 5.73 Å². The van der Waals surface area contributed by atoms with Gasteiger partial charge in [0.15, 0.2) is 0 Å². The zero-order chi connectivity index (χ0) is 13.7. The van der Waals surface area contributed by atoms with E-state index in [9.17, 15) is 9.59 Å². The van der Waals surface area contributed by atoms with Crippen molar-refractivity contribution in [3.8, 4) is 11.8 Å². The Labute approximate surface area is 115 Å². The normalized spacial score (nSPS) is 17.5. The Morgan fingerprint density at radius 1 is 1.58 bits per heavy atom. The highest BCUT2D eigenvalue weighted by atomic mass is 32.1. The number of amides is 2. The van der Waals surface area contributed by atoms with E-state index < -0.39 is 0 Å². The van der Waals surface area contributed by atoms with Gasteiger partial charge >= 0.3 is 0 Å². The molecule has 1 unspecified atom stereocenters. The van der Waals surface area contributed by atoms with Crippen molar-refractivity contribution in [3.05, 3.63) is 21.9 Å². The molecule has 2 amide bonds. The Morgan fingerprint density at radius 3 is 3.11 bits per heavy atom. The second-order valence-corrected chi connectivity index (χ2v) is 5.32. The molecule has 1 saturated heterocycles. The lowest BCUT2D eigenvalue weighted by Crippen LogP contribution is -2.41. The van der Waals surface area contributed by atoms with Gasteiger partial charge in [-0.25, -0.2) is 0 Å². The number of thiophene rings is 1. The predicted molar refractivity (Wildman–Crippen MR) is 73.3 cm³/mol. The molecule has 2 heterocycles. The highest BCUT2D eigenvalue weighted by Gasteiger charge is 2.26. The molecule has 100 valence electrons. The van der Waals surface area contributed by atoms with Crippen LogP contribution in [0.25, 0.3) is 0 Å². The Kier molecular flexibility index (Phi) is 4.55. The van der Waals surface area contributed by atoms with Gasteiger partial charge in [-0.05, 0) is 18.6 Å². The molecule has 0 radical (unpaired) electrons. The fourth-order valence-electron chi connectivity index (χ4n) is 1.79. The van der Waals surface area contributed by atoms with Gasteiger partial charge in [0, 0.05) is 11.3 Å². The molecular weight excluding hydrogens is 262 g/mol. The number of nitrogens with one attached hydrogen (secondary N) is 2. The third kappa shape index (κ3) is 3.81. The van der Waals surface area contributed by atoms with Crippen molar-refractivity contribution in [2.75, 3.05) is 6.54 Å². The number of hydrogen-bond acceptors (Lipinski definition) is 4. The van der Waals surface area contributed by atoms with Crippen LogP contribution in [0, 0.1) is 11.8 Å². The van der Waals surface area contributed by atoms with Crippen LogP contribution in [-0.2, 0) is 16.1 Å². The Balaban J connectivity index is 1.83. The molecule has 1 fully saturated rings. The summed E-state index contributed by atoms with van der Waals surface area (Å²) >= 11 is 1.53. The maximum atomic E-state index is 11.8. The van der Waals surface area contributed by atoms with Gasteiger partial charge in [-0.3, -0.25) is 9.59 Å². The molecule has 19 heavy (non-hydrogen) atoms. The smallest absolute Gasteiger partial charge is 0.242 e. The number of rotatable bonds is 3. The summed E-state index contributed by atoms with van der Waals surface area (Å²) in [7, 11) is 0. The van der Waals surface area contributed by atoms with E-state index in [2.05, 4.69) is 22.5 Å². The lowest BCUT2D eigenvalue weighted by molar-refractivity contribution is -0.125. The lowest BCUT2D eigenvalue weighted by Gasteiger charge is -2.09. The molecule has 1 aliphatic heterocycles. The molecule has 1 atom stereocenters. The van der Waals surface area contributed by atoms with E-state index in [0.29, 0.717) is 25.9 Å². The molecule has 4 N–H and O–H groups in total. The summed E-state index contributed by atoms with van der Waals surface area (Å²) in [4.78, 5) is 24.8. The largest absolute Gasteiger partial charge is 0.349 e. The van der Waals surface area contributed by atoms with Crippen molar-refractivity contribution in [1.29, 1.82) is 0 Å². The first-order valence-corrected chi connectivity index (χ1v) is 6.85. The van der Waals surface area contributed by atoms with Crippen LogP contribution < -0.4 is 16.4 Å². The monoisotopic (exact) mass is 277 g/mol. The first kappa shape index (κ1) is 13.6. The van der Waals surface area contributed by atoms with Crippen LogP contribution in [0.3, 0.4) is 0 Å². The van der Waals surface area contributed by atoms with Crippen LogP contribution in [0.2, 0.25) is 0 Å². The topological polar surface area (TPSA) is 84.2 Å². The van der Waals surface area contributed by atoms with Gasteiger partial charge in [0.25, 0.3) is 0 Å². The third-order valence-electron chi connectivity index (χ3n) is 2.72. The van der Waals surface area contributed by atoms with Gasteiger partial charge in [-0.15, -0.1) is 11.3 Å². The fourth-order valence-corrected chi connectivity index (χ4v) is 2.61. The minimum atomic E-state index is -0.385. The van der Waals surface area contributed by atoms with Crippen molar-refractivity contribution in [2.24, 2.45) is 5.73 Å². The van der Waals surface area contributed by atoms with Gasteiger partial charge in [0.1, 0.15) is 6.04 Å². The van der Waals surface area contributed by atoms with Crippen LogP contribution in [-0.4, -0.2) is 24.4 Å². The zero-order valence-electron chi connectivity index (χ0n) is 10.4. The second-order valence-electron chi connectivity index (χ2n) is 4.15. The molecule has 5 nitrogen and oxygen atoms in total. The van der Waals surface area contributed by atoms with E-state index in [1.165, 1.54) is 11.3 Å². The minimum absolute atomic E-state index is 0.0596. The molecule has 2 rings (SSSR count). The first-order chi connectivity index (χ1) is 9.19. The average Bonchev–Trinajstić information content (AvgIpc) is 3.02. The fraction of sp³-hybridized carbons (Fsp3) is 0.385. The molecule has 0 bridgehead atoms. The Bertz CT molecular complexity index is 542. The summed E-state index contributed by atoms with van der Waals surface area (Å²) in [5, 5.41) is 5.45. The standard InChI is InChI=1S/C13H15N3O2S/c14-7-1-2-9-3-4-10(19-9)8-15-13(18)11-5-6-12(17)16-11/h3-4,11H,5-8,14H2,(H,15,18)(H,16,17). The van der Waals surface area contributed by atoms with Crippen molar-refractivity contribution in [3.63, 3.8) is 0 Å². The molecule has 1 aliphatic rings. The Hall–Kier alpha value is -1.84. The molecular formula is C13H15N3O2S. The highest BCUT2D eigenvalue weighted by Crippen LogP contribution is 2.15. The quantitative estimate of drug-likeness (QED) is 0.677. The number of hydrogen-bond donors (Lipinski definition) is 3. The van der Waals surface area contributed by atoms with E-state index in [0.717, 1.165) is 9.75 Å². The van der Waals surface area contributed by atoms with Gasteiger partial charge in [-0.1, -0.05) is 11.8 Å². The summed E-state index contributed by atoms with van der Waals surface area (Å²) in [6.45, 7) is 0.797. The SMILES string of the molecule is NCC#Cc1ccc(CNC(=O)C2CCC(=O)N2)s1. The number of nitrogens with two attached hydrogens (primary N) is 1. The second kappa shape index (κ2) is 6.36. The summed E-state index contributed by atoms with van der Waals surface area (Å²) in [5.74, 6) is 5.54. The van der Waals surface area contributed by atoms with Crippen LogP contribution in [0.5, 0.6) is 0 Å². The van der Waals surface area contributed by atoms with Gasteiger partial charge < -0.3 is 16.4 Å². The predicted octanol–water partition coefficient (Wildman–Crippen LogP) is -0.0469. The Morgan fingerprint density at radius 2 is 2.42 bits per heavy atom. The highest BCUT2D eigenvalue weighted by molar-refractivity contribution is 7.12. The van der Waals surface area contributed by atoms with E-state index in [1.807, 2.05) is 12.1 Å². The van der Waals surface area contributed by atoms with Crippen LogP contribution >= 0.6 is 11.3 Å². The molecule has 0 aliphatic carbocycles. The molecule has 1 aromatic heterocycles. The lowest BCUT2D eigenvalue weighted by atomic mass is 10.2. The summed E-state index contributed by atoms with van der Waals surface area (Å²) in [5.41, 5.74) is 5.30. The van der Waals surface area contributed by atoms with Crippen LogP contribution in [0.15, 0.2) is 12.1 Å². The molecule has 0 spiro atoms. The third-order valence-corrected chi connectivity index (χ3v) is 3.72. The van der Waals surface area contributed by atoms with Crippen LogP contribution in [0.1, 0.15) is 22.6 Å². The zero-order valence-corrected chi connectivity index (χ0v) is 11.2. The maximum Gasteiger partial charge on any atom is 0.242 e. The van der Waals surface area contributed by atoms with Crippen molar-refractivity contribution in [1.82, 2.24) is 10.6 Å². The number of carbonyl (C=O) groups is 2. The summed E-state index contributed by atoms with van der Waals surface area (Å²) in [6, 6.07) is 3.45. The van der Waals surface area contributed by atoms with E-state index >= 15 is 0 Å². The average molecular weight is 277 g/mol.